The normalized spacial score (nSPS) is 16.3. The largest absolute Gasteiger partial charge is 0.496 e. The second-order valence-electron chi connectivity index (χ2n) is 8.00. The number of piperidine rings is 1. The van der Waals surface area contributed by atoms with Crippen LogP contribution in [0.3, 0.4) is 0 Å². The van der Waals surface area contributed by atoms with Crippen LogP contribution in [0.1, 0.15) is 30.9 Å². The zero-order valence-corrected chi connectivity index (χ0v) is 18.6. The van der Waals surface area contributed by atoms with E-state index in [2.05, 4.69) is 11.6 Å². The molecular formula is C23H30N2O4S. The number of likely N-dealkylation sites (tertiary alicyclic amines) is 1. The van der Waals surface area contributed by atoms with Crippen LogP contribution in [0.4, 0.5) is 0 Å². The third-order valence-corrected chi connectivity index (χ3v) is 7.12. The van der Waals surface area contributed by atoms with Crippen molar-refractivity contribution >= 4 is 15.9 Å². The smallest absolute Gasteiger partial charge is 0.241 e. The van der Waals surface area contributed by atoms with Gasteiger partial charge in [-0.05, 0) is 61.4 Å². The third-order valence-electron chi connectivity index (χ3n) is 5.65. The van der Waals surface area contributed by atoms with E-state index in [4.69, 9.17) is 4.74 Å². The molecule has 6 nitrogen and oxygen atoms in total. The van der Waals surface area contributed by atoms with Crippen LogP contribution >= 0.6 is 0 Å². The van der Waals surface area contributed by atoms with Gasteiger partial charge in [-0.1, -0.05) is 37.3 Å². The fraction of sp³-hybridized carbons (Fsp3) is 0.435. The molecule has 7 heteroatoms. The maximum Gasteiger partial charge on any atom is 0.241 e. The summed E-state index contributed by atoms with van der Waals surface area (Å²) in [5, 5.41) is 0. The highest BCUT2D eigenvalue weighted by molar-refractivity contribution is 7.89. The molecule has 1 atom stereocenters. The van der Waals surface area contributed by atoms with Crippen molar-refractivity contribution in [2.24, 2.45) is 5.92 Å². The van der Waals surface area contributed by atoms with Crippen molar-refractivity contribution in [3.63, 3.8) is 0 Å². The second-order valence-corrected chi connectivity index (χ2v) is 9.72. The van der Waals surface area contributed by atoms with Crippen molar-refractivity contribution < 1.29 is 17.9 Å². The predicted octanol–water partition coefficient (Wildman–Crippen LogP) is 3.15. The molecule has 1 aliphatic heterocycles. The first-order valence-corrected chi connectivity index (χ1v) is 11.8. The van der Waals surface area contributed by atoms with Gasteiger partial charge >= 0.3 is 0 Å². The minimum absolute atomic E-state index is 0.124. The molecular weight excluding hydrogens is 400 g/mol. The molecule has 1 fully saturated rings. The van der Waals surface area contributed by atoms with E-state index in [0.717, 1.165) is 24.0 Å². The van der Waals surface area contributed by atoms with Gasteiger partial charge in [-0.2, -0.15) is 4.72 Å². The van der Waals surface area contributed by atoms with E-state index in [1.54, 1.807) is 31.1 Å². The zero-order valence-electron chi connectivity index (χ0n) is 17.8. The van der Waals surface area contributed by atoms with Crippen LogP contribution in [0.5, 0.6) is 5.75 Å². The molecule has 0 aliphatic carbocycles. The summed E-state index contributed by atoms with van der Waals surface area (Å²) in [5.74, 6) is 1.04. The van der Waals surface area contributed by atoms with Crippen molar-refractivity contribution in [3.8, 4) is 5.75 Å². The molecule has 0 radical (unpaired) electrons. The van der Waals surface area contributed by atoms with Gasteiger partial charge in [-0.3, -0.25) is 4.79 Å². The van der Waals surface area contributed by atoms with Gasteiger partial charge in [0, 0.05) is 13.1 Å². The number of carbonyl (C=O) groups excluding carboxylic acids is 1. The fourth-order valence-electron chi connectivity index (χ4n) is 3.75. The monoisotopic (exact) mass is 430 g/mol. The molecule has 1 heterocycles. The van der Waals surface area contributed by atoms with E-state index in [-0.39, 0.29) is 10.8 Å². The number of hydrogen-bond donors (Lipinski definition) is 1. The van der Waals surface area contributed by atoms with E-state index >= 15 is 0 Å². The topological polar surface area (TPSA) is 75.7 Å². The minimum atomic E-state index is -3.87. The van der Waals surface area contributed by atoms with Gasteiger partial charge in [0.15, 0.2) is 0 Å². The summed E-state index contributed by atoms with van der Waals surface area (Å²) in [6.07, 6.45) is 2.18. The molecule has 0 spiro atoms. The number of ether oxygens (including phenoxy) is 1. The molecule has 0 aromatic heterocycles. The van der Waals surface area contributed by atoms with Crippen LogP contribution in [-0.2, 0) is 21.2 Å². The fourth-order valence-corrected chi connectivity index (χ4v) is 5.03. The number of methoxy groups -OCH3 is 1. The number of nitrogens with zero attached hydrogens (tertiary/aromatic N) is 1. The lowest BCUT2D eigenvalue weighted by atomic mass is 9.98. The van der Waals surface area contributed by atoms with Crippen molar-refractivity contribution in [1.82, 2.24) is 9.62 Å². The Morgan fingerprint density at radius 2 is 1.83 bits per heavy atom. The Hall–Kier alpha value is -2.38. The van der Waals surface area contributed by atoms with Gasteiger partial charge in [0.25, 0.3) is 0 Å². The number of amides is 1. The standard InChI is InChI=1S/C23H30N2O4S/c1-17-11-13-25(14-12-17)23(26)21(16-19-7-5-4-6-8-19)24-30(27,28)20-9-10-22(29-3)18(2)15-20/h4-10,15,17,21,24H,11-14,16H2,1-3H3/t21-/m1/s1. The van der Waals surface area contributed by atoms with Gasteiger partial charge in [0.2, 0.25) is 15.9 Å². The highest BCUT2D eigenvalue weighted by Gasteiger charge is 2.31. The summed E-state index contributed by atoms with van der Waals surface area (Å²) in [7, 11) is -2.33. The Kier molecular flexibility index (Phi) is 7.15. The van der Waals surface area contributed by atoms with Gasteiger partial charge < -0.3 is 9.64 Å². The highest BCUT2D eigenvalue weighted by atomic mass is 32.2. The lowest BCUT2D eigenvalue weighted by molar-refractivity contribution is -0.134. The minimum Gasteiger partial charge on any atom is -0.496 e. The Morgan fingerprint density at radius 3 is 2.43 bits per heavy atom. The summed E-state index contributed by atoms with van der Waals surface area (Å²) in [5.41, 5.74) is 1.63. The molecule has 162 valence electrons. The van der Waals surface area contributed by atoms with Crippen LogP contribution < -0.4 is 9.46 Å². The van der Waals surface area contributed by atoms with Gasteiger partial charge in [-0.25, -0.2) is 8.42 Å². The van der Waals surface area contributed by atoms with Crippen molar-refractivity contribution in [1.29, 1.82) is 0 Å². The Morgan fingerprint density at radius 1 is 1.17 bits per heavy atom. The summed E-state index contributed by atoms with van der Waals surface area (Å²) in [4.78, 5) is 15.2. The van der Waals surface area contributed by atoms with Gasteiger partial charge in [0.1, 0.15) is 11.8 Å². The number of aryl methyl sites for hydroxylation is 1. The Balaban J connectivity index is 1.85. The predicted molar refractivity (Wildman–Crippen MR) is 117 cm³/mol. The average Bonchev–Trinajstić information content (AvgIpc) is 2.74. The Bertz CT molecular complexity index is 968. The first-order valence-electron chi connectivity index (χ1n) is 10.3. The summed E-state index contributed by atoms with van der Waals surface area (Å²) < 4.78 is 34.1. The number of hydrogen-bond acceptors (Lipinski definition) is 4. The van der Waals surface area contributed by atoms with E-state index in [0.29, 0.717) is 31.2 Å². The molecule has 1 aliphatic rings. The third kappa shape index (κ3) is 5.40. The van der Waals surface area contributed by atoms with Crippen LogP contribution in [0.25, 0.3) is 0 Å². The molecule has 30 heavy (non-hydrogen) atoms. The number of nitrogens with one attached hydrogen (secondary N) is 1. The SMILES string of the molecule is COc1ccc(S(=O)(=O)N[C@H](Cc2ccccc2)C(=O)N2CCC(C)CC2)cc1C. The maximum atomic E-state index is 13.3. The van der Waals surface area contributed by atoms with Crippen molar-refractivity contribution in [3.05, 3.63) is 59.7 Å². The number of sulfonamides is 1. The molecule has 1 saturated heterocycles. The van der Waals surface area contributed by atoms with E-state index in [1.807, 2.05) is 30.3 Å². The summed E-state index contributed by atoms with van der Waals surface area (Å²) in [6.45, 7) is 5.29. The summed E-state index contributed by atoms with van der Waals surface area (Å²) in [6, 6.07) is 13.3. The zero-order chi connectivity index (χ0) is 21.7. The second kappa shape index (κ2) is 9.62. The lowest BCUT2D eigenvalue weighted by Crippen LogP contribution is -2.51. The Labute approximate surface area is 179 Å². The molecule has 2 aromatic carbocycles. The molecule has 1 amide bonds. The maximum absolute atomic E-state index is 13.3. The average molecular weight is 431 g/mol. The number of benzene rings is 2. The van der Waals surface area contributed by atoms with Gasteiger partial charge in [0.05, 0.1) is 12.0 Å². The number of carbonyl (C=O) groups is 1. The van der Waals surface area contributed by atoms with Crippen molar-refractivity contribution in [2.75, 3.05) is 20.2 Å². The first kappa shape index (κ1) is 22.3. The molecule has 0 bridgehead atoms. The first-order chi connectivity index (χ1) is 14.3. The highest BCUT2D eigenvalue weighted by Crippen LogP contribution is 2.22. The van der Waals surface area contributed by atoms with E-state index in [1.165, 1.54) is 6.07 Å². The quantitative estimate of drug-likeness (QED) is 0.732. The number of rotatable bonds is 7. The van der Waals surface area contributed by atoms with Crippen LogP contribution in [0, 0.1) is 12.8 Å². The molecule has 1 N–H and O–H groups in total. The van der Waals surface area contributed by atoms with E-state index in [9.17, 15) is 13.2 Å². The molecule has 3 rings (SSSR count). The van der Waals surface area contributed by atoms with Crippen molar-refractivity contribution in [2.45, 2.75) is 44.0 Å². The van der Waals surface area contributed by atoms with Crippen LogP contribution in [0.15, 0.2) is 53.4 Å². The van der Waals surface area contributed by atoms with Crippen LogP contribution in [0.2, 0.25) is 0 Å². The molecule has 0 saturated carbocycles. The molecule has 2 aromatic rings. The lowest BCUT2D eigenvalue weighted by Gasteiger charge is -2.33. The molecule has 0 unspecified atom stereocenters. The van der Waals surface area contributed by atoms with Crippen LogP contribution in [-0.4, -0.2) is 45.5 Å². The van der Waals surface area contributed by atoms with E-state index < -0.39 is 16.1 Å². The van der Waals surface area contributed by atoms with Gasteiger partial charge in [-0.15, -0.1) is 0 Å². The summed E-state index contributed by atoms with van der Waals surface area (Å²) >= 11 is 0.